The second kappa shape index (κ2) is 5.96. The van der Waals surface area contributed by atoms with Crippen LogP contribution >= 0.6 is 11.6 Å². The van der Waals surface area contributed by atoms with Gasteiger partial charge in [0.2, 0.25) is 0 Å². The first-order valence-electron chi connectivity index (χ1n) is 5.64. The van der Waals surface area contributed by atoms with Crippen LogP contribution in [-0.2, 0) is 6.54 Å². The highest BCUT2D eigenvalue weighted by molar-refractivity contribution is 6.33. The van der Waals surface area contributed by atoms with Gasteiger partial charge in [-0.2, -0.15) is 0 Å². The molecule has 0 aliphatic carbocycles. The van der Waals surface area contributed by atoms with Crippen molar-refractivity contribution in [3.63, 3.8) is 0 Å². The van der Waals surface area contributed by atoms with E-state index in [1.54, 1.807) is 0 Å². The fourth-order valence-corrected chi connectivity index (χ4v) is 1.87. The molecular weight excluding hydrogens is 291 g/mol. The molecule has 0 unspecified atom stereocenters. The molecule has 1 amide bonds. The second-order valence-electron chi connectivity index (χ2n) is 4.08. The molecule has 2 nitrogen and oxygen atoms in total. The van der Waals surface area contributed by atoms with Gasteiger partial charge in [-0.1, -0.05) is 11.6 Å². The number of benzene rings is 2. The summed E-state index contributed by atoms with van der Waals surface area (Å²) in [5.74, 6) is -2.70. The molecule has 0 aromatic heterocycles. The number of nitrogens with one attached hydrogen (secondary N) is 1. The summed E-state index contributed by atoms with van der Waals surface area (Å²) in [5, 5.41) is 2.51. The predicted molar refractivity (Wildman–Crippen MR) is 68.9 cm³/mol. The van der Waals surface area contributed by atoms with Gasteiger partial charge >= 0.3 is 0 Å². The zero-order valence-corrected chi connectivity index (χ0v) is 10.8. The lowest BCUT2D eigenvalue weighted by Crippen LogP contribution is -2.23. The summed E-state index contributed by atoms with van der Waals surface area (Å²) in [5.41, 5.74) is 0.215. The first kappa shape index (κ1) is 14.4. The van der Waals surface area contributed by atoms with Crippen molar-refractivity contribution < 1.29 is 18.0 Å². The first-order chi connectivity index (χ1) is 9.45. The largest absolute Gasteiger partial charge is 0.348 e. The van der Waals surface area contributed by atoms with Crippen LogP contribution in [-0.4, -0.2) is 5.91 Å². The number of carbonyl (C=O) groups excluding carboxylic acids is 1. The molecule has 20 heavy (non-hydrogen) atoms. The van der Waals surface area contributed by atoms with Crippen LogP contribution in [0.2, 0.25) is 5.02 Å². The van der Waals surface area contributed by atoms with Gasteiger partial charge in [-0.3, -0.25) is 4.79 Å². The number of hydrogen-bond donors (Lipinski definition) is 1. The molecule has 0 saturated carbocycles. The Kier molecular flexibility index (Phi) is 4.29. The quantitative estimate of drug-likeness (QED) is 0.920. The molecule has 104 valence electrons. The minimum absolute atomic E-state index is 0.0384. The normalized spacial score (nSPS) is 10.4. The van der Waals surface area contributed by atoms with E-state index in [1.165, 1.54) is 6.07 Å². The van der Waals surface area contributed by atoms with E-state index in [9.17, 15) is 18.0 Å². The molecule has 1 N–H and O–H groups in total. The fourth-order valence-electron chi connectivity index (χ4n) is 1.66. The van der Waals surface area contributed by atoms with E-state index in [0.29, 0.717) is 0 Å². The Balaban J connectivity index is 2.10. The van der Waals surface area contributed by atoms with Crippen LogP contribution in [0.4, 0.5) is 13.2 Å². The van der Waals surface area contributed by atoms with Gasteiger partial charge in [0.1, 0.15) is 17.5 Å². The second-order valence-corrected chi connectivity index (χ2v) is 4.49. The third kappa shape index (κ3) is 3.51. The number of halogens is 4. The van der Waals surface area contributed by atoms with Crippen LogP contribution in [0.1, 0.15) is 15.9 Å². The Bertz CT molecular complexity index is 641. The molecule has 0 radical (unpaired) electrons. The maximum atomic E-state index is 13.0. The van der Waals surface area contributed by atoms with E-state index in [-0.39, 0.29) is 22.7 Å². The molecule has 0 heterocycles. The van der Waals surface area contributed by atoms with Crippen molar-refractivity contribution in [2.45, 2.75) is 6.54 Å². The zero-order valence-electron chi connectivity index (χ0n) is 10.1. The third-order valence-electron chi connectivity index (χ3n) is 2.55. The Morgan fingerprint density at radius 1 is 1.00 bits per heavy atom. The summed E-state index contributed by atoms with van der Waals surface area (Å²) in [6.45, 7) is -0.0969. The Hall–Kier alpha value is -2.01. The Morgan fingerprint density at radius 3 is 2.30 bits per heavy atom. The first-order valence-corrected chi connectivity index (χ1v) is 6.02. The maximum absolute atomic E-state index is 13.0. The standard InChI is InChI=1S/C14H9ClF3NO/c15-13-2-1-9(16)6-12(13)14(20)19-7-8-3-10(17)5-11(18)4-8/h1-6H,7H2,(H,19,20). The van der Waals surface area contributed by atoms with Gasteiger partial charge in [0.05, 0.1) is 10.6 Å². The van der Waals surface area contributed by atoms with Crippen molar-refractivity contribution in [2.24, 2.45) is 0 Å². The van der Waals surface area contributed by atoms with Crippen LogP contribution in [0.15, 0.2) is 36.4 Å². The summed E-state index contributed by atoms with van der Waals surface area (Å²) >= 11 is 5.78. The SMILES string of the molecule is O=C(NCc1cc(F)cc(F)c1)c1cc(F)ccc1Cl. The molecule has 0 atom stereocenters. The minimum atomic E-state index is -0.738. The van der Waals surface area contributed by atoms with Crippen molar-refractivity contribution in [3.8, 4) is 0 Å². The zero-order chi connectivity index (χ0) is 14.7. The average molecular weight is 300 g/mol. The highest BCUT2D eigenvalue weighted by Crippen LogP contribution is 2.17. The molecular formula is C14H9ClF3NO. The highest BCUT2D eigenvalue weighted by atomic mass is 35.5. The van der Waals surface area contributed by atoms with Gasteiger partial charge in [0.15, 0.2) is 0 Å². The van der Waals surface area contributed by atoms with E-state index in [0.717, 1.165) is 30.3 Å². The van der Waals surface area contributed by atoms with Gasteiger partial charge in [-0.25, -0.2) is 13.2 Å². The van der Waals surface area contributed by atoms with E-state index >= 15 is 0 Å². The predicted octanol–water partition coefficient (Wildman–Crippen LogP) is 3.69. The molecule has 0 bridgehead atoms. The number of rotatable bonds is 3. The van der Waals surface area contributed by atoms with Crippen molar-refractivity contribution in [1.29, 1.82) is 0 Å². The molecule has 6 heteroatoms. The number of hydrogen-bond acceptors (Lipinski definition) is 1. The fraction of sp³-hybridized carbons (Fsp3) is 0.0714. The van der Waals surface area contributed by atoms with E-state index < -0.39 is 23.4 Å². The van der Waals surface area contributed by atoms with Crippen LogP contribution in [0.5, 0.6) is 0 Å². The molecule has 0 aliphatic heterocycles. The Morgan fingerprint density at radius 2 is 1.65 bits per heavy atom. The summed E-state index contributed by atoms with van der Waals surface area (Å²) in [6.07, 6.45) is 0. The van der Waals surface area contributed by atoms with Gasteiger partial charge < -0.3 is 5.32 Å². The van der Waals surface area contributed by atoms with E-state index in [4.69, 9.17) is 11.6 Å². The molecule has 0 aliphatic rings. The van der Waals surface area contributed by atoms with E-state index in [1.807, 2.05) is 0 Å². The van der Waals surface area contributed by atoms with Gasteiger partial charge in [-0.05, 0) is 35.9 Å². The summed E-state index contributed by atoms with van der Waals surface area (Å²) < 4.78 is 39.0. The van der Waals surface area contributed by atoms with Gasteiger partial charge in [-0.15, -0.1) is 0 Å². The summed E-state index contributed by atoms with van der Waals surface area (Å²) in [4.78, 5) is 11.8. The molecule has 0 fully saturated rings. The monoisotopic (exact) mass is 299 g/mol. The minimum Gasteiger partial charge on any atom is -0.348 e. The van der Waals surface area contributed by atoms with Gasteiger partial charge in [0, 0.05) is 12.6 Å². The highest BCUT2D eigenvalue weighted by Gasteiger charge is 2.11. The number of carbonyl (C=O) groups is 1. The lowest BCUT2D eigenvalue weighted by molar-refractivity contribution is 0.0950. The van der Waals surface area contributed by atoms with Gasteiger partial charge in [0.25, 0.3) is 5.91 Å². The van der Waals surface area contributed by atoms with Crippen LogP contribution < -0.4 is 5.32 Å². The lowest BCUT2D eigenvalue weighted by atomic mass is 10.2. The lowest BCUT2D eigenvalue weighted by Gasteiger charge is -2.07. The van der Waals surface area contributed by atoms with Crippen molar-refractivity contribution >= 4 is 17.5 Å². The van der Waals surface area contributed by atoms with Crippen LogP contribution in [0, 0.1) is 17.5 Å². The van der Waals surface area contributed by atoms with Crippen molar-refractivity contribution in [1.82, 2.24) is 5.32 Å². The molecule has 0 spiro atoms. The smallest absolute Gasteiger partial charge is 0.253 e. The Labute approximate surface area is 118 Å². The van der Waals surface area contributed by atoms with Crippen molar-refractivity contribution in [2.75, 3.05) is 0 Å². The average Bonchev–Trinajstić information content (AvgIpc) is 2.38. The van der Waals surface area contributed by atoms with Crippen molar-refractivity contribution in [3.05, 3.63) is 70.0 Å². The van der Waals surface area contributed by atoms with Crippen LogP contribution in [0.25, 0.3) is 0 Å². The maximum Gasteiger partial charge on any atom is 0.253 e. The van der Waals surface area contributed by atoms with E-state index in [2.05, 4.69) is 5.32 Å². The number of amides is 1. The molecule has 2 aromatic rings. The van der Waals surface area contributed by atoms with Crippen LogP contribution in [0.3, 0.4) is 0 Å². The molecule has 0 saturated heterocycles. The molecule has 2 rings (SSSR count). The third-order valence-corrected chi connectivity index (χ3v) is 2.88. The molecule has 2 aromatic carbocycles. The summed E-state index contributed by atoms with van der Waals surface area (Å²) in [7, 11) is 0. The summed E-state index contributed by atoms with van der Waals surface area (Å²) in [6, 6.07) is 6.29. The topological polar surface area (TPSA) is 29.1 Å².